The number of rotatable bonds is 1. The van der Waals surface area contributed by atoms with Crippen molar-refractivity contribution in [1.82, 2.24) is 4.90 Å². The maximum atomic E-state index is 12.9. The minimum absolute atomic E-state index is 0.000609. The highest BCUT2D eigenvalue weighted by molar-refractivity contribution is 8.20. The Morgan fingerprint density at radius 3 is 2.55 bits per heavy atom. The second-order valence-electron chi connectivity index (χ2n) is 6.31. The summed E-state index contributed by atoms with van der Waals surface area (Å²) >= 11 is 3.65. The summed E-state index contributed by atoms with van der Waals surface area (Å²) in [5, 5.41) is 0. The van der Waals surface area contributed by atoms with E-state index >= 15 is 0 Å². The molecule has 2 fully saturated rings. The minimum Gasteiger partial charge on any atom is -0.429 e. The molecule has 1 spiro atoms. The van der Waals surface area contributed by atoms with Crippen molar-refractivity contribution < 1.29 is 14.3 Å². The second-order valence-corrected chi connectivity index (χ2v) is 9.25. The van der Waals surface area contributed by atoms with Crippen molar-refractivity contribution in [2.45, 2.75) is 42.2 Å². The predicted molar refractivity (Wildman–Crippen MR) is 90.0 cm³/mol. The fraction of sp³-hybridized carbons (Fsp3) is 0.812. The minimum atomic E-state index is -0.439. The summed E-state index contributed by atoms with van der Waals surface area (Å²) in [5.41, 5.74) is 1.41. The molecule has 3 aliphatic heterocycles. The Morgan fingerprint density at radius 1 is 1.05 bits per heavy atom. The summed E-state index contributed by atoms with van der Waals surface area (Å²) in [4.78, 5) is 15.4. The largest absolute Gasteiger partial charge is 0.429 e. The number of ether oxygens (including phenoxy) is 2. The Morgan fingerprint density at radius 2 is 1.77 bits per heavy atom. The average Bonchev–Trinajstić information content (AvgIpc) is 2.58. The Kier molecular flexibility index (Phi) is 4.46. The number of hydrogen-bond donors (Lipinski definition) is 0. The van der Waals surface area contributed by atoms with Crippen LogP contribution in [-0.2, 0) is 14.3 Å². The van der Waals surface area contributed by atoms with Crippen LogP contribution in [0.1, 0.15) is 32.1 Å². The molecule has 0 saturated carbocycles. The molecular weight excluding hydrogens is 318 g/mol. The Bertz CT molecular complexity index is 482. The van der Waals surface area contributed by atoms with E-state index in [-0.39, 0.29) is 12.0 Å². The van der Waals surface area contributed by atoms with Gasteiger partial charge in [-0.25, -0.2) is 4.79 Å². The second kappa shape index (κ2) is 6.38. The molecule has 2 saturated heterocycles. The molecule has 6 heteroatoms. The summed E-state index contributed by atoms with van der Waals surface area (Å²) < 4.78 is 10.9. The fourth-order valence-corrected chi connectivity index (χ4v) is 7.37. The first-order valence-corrected chi connectivity index (χ1v) is 10.3. The molecule has 0 aromatic heterocycles. The molecule has 22 heavy (non-hydrogen) atoms. The third-order valence-electron chi connectivity index (χ3n) is 4.98. The van der Waals surface area contributed by atoms with Gasteiger partial charge in [0, 0.05) is 19.5 Å². The van der Waals surface area contributed by atoms with E-state index in [1.54, 1.807) is 0 Å². The van der Waals surface area contributed by atoms with Gasteiger partial charge in [-0.05, 0) is 42.8 Å². The van der Waals surface area contributed by atoms with Crippen molar-refractivity contribution in [3.63, 3.8) is 0 Å². The van der Waals surface area contributed by atoms with Gasteiger partial charge in [-0.2, -0.15) is 0 Å². The van der Waals surface area contributed by atoms with Gasteiger partial charge < -0.3 is 9.47 Å². The van der Waals surface area contributed by atoms with Crippen molar-refractivity contribution in [1.29, 1.82) is 0 Å². The lowest BCUT2D eigenvalue weighted by molar-refractivity contribution is -0.144. The normalized spacial score (nSPS) is 32.7. The maximum Gasteiger partial charge on any atom is 0.339 e. The van der Waals surface area contributed by atoms with Crippen molar-refractivity contribution in [2.24, 2.45) is 0 Å². The Labute approximate surface area is 140 Å². The van der Waals surface area contributed by atoms with Crippen LogP contribution in [0, 0.1) is 0 Å². The van der Waals surface area contributed by atoms with E-state index in [0.717, 1.165) is 62.8 Å². The highest BCUT2D eigenvalue weighted by atomic mass is 32.2. The van der Waals surface area contributed by atoms with Gasteiger partial charge in [-0.15, -0.1) is 23.5 Å². The molecule has 0 aromatic rings. The summed E-state index contributed by atoms with van der Waals surface area (Å²) in [7, 11) is 0. The van der Waals surface area contributed by atoms with Gasteiger partial charge in [0.15, 0.2) is 4.08 Å². The first kappa shape index (κ1) is 15.4. The van der Waals surface area contributed by atoms with Gasteiger partial charge in [-0.3, -0.25) is 4.90 Å². The molecule has 0 bridgehead atoms. The molecular formula is C16H23NO3S2. The molecule has 3 heterocycles. The van der Waals surface area contributed by atoms with E-state index in [2.05, 4.69) is 4.90 Å². The molecule has 1 aliphatic carbocycles. The molecule has 0 aromatic carbocycles. The monoisotopic (exact) mass is 341 g/mol. The van der Waals surface area contributed by atoms with Crippen LogP contribution in [0.25, 0.3) is 0 Å². The van der Waals surface area contributed by atoms with E-state index < -0.39 is 4.08 Å². The summed E-state index contributed by atoms with van der Waals surface area (Å²) in [5.74, 6) is 3.11. The predicted octanol–water partition coefficient (Wildman–Crippen LogP) is 2.64. The lowest BCUT2D eigenvalue weighted by Crippen LogP contribution is -2.60. The summed E-state index contributed by atoms with van der Waals surface area (Å²) in [6, 6.07) is 0.211. The van der Waals surface area contributed by atoms with E-state index in [9.17, 15) is 4.79 Å². The number of allylic oxidation sites excluding steroid dienone is 1. The van der Waals surface area contributed by atoms with Crippen LogP contribution >= 0.6 is 23.5 Å². The zero-order chi connectivity index (χ0) is 15.0. The third kappa shape index (κ3) is 2.52. The van der Waals surface area contributed by atoms with Crippen molar-refractivity contribution in [3.05, 3.63) is 11.3 Å². The lowest BCUT2D eigenvalue weighted by atomic mass is 9.87. The smallest absolute Gasteiger partial charge is 0.339 e. The SMILES string of the molecule is O=C1OC2=C(CCCC2)C(N2CCOCC2)C12SCCCS2. The molecule has 0 N–H and O–H groups in total. The maximum absolute atomic E-state index is 12.9. The van der Waals surface area contributed by atoms with Crippen molar-refractivity contribution in [2.75, 3.05) is 37.8 Å². The van der Waals surface area contributed by atoms with Gasteiger partial charge >= 0.3 is 5.97 Å². The van der Waals surface area contributed by atoms with Gasteiger partial charge in [0.05, 0.1) is 19.3 Å². The van der Waals surface area contributed by atoms with Crippen LogP contribution in [0.2, 0.25) is 0 Å². The molecule has 4 aliphatic rings. The molecule has 1 unspecified atom stereocenters. The summed E-state index contributed by atoms with van der Waals surface area (Å²) in [6.45, 7) is 3.41. The van der Waals surface area contributed by atoms with Gasteiger partial charge in [0.2, 0.25) is 0 Å². The highest BCUT2D eigenvalue weighted by Gasteiger charge is 2.57. The topological polar surface area (TPSA) is 38.8 Å². The number of esters is 1. The zero-order valence-corrected chi connectivity index (χ0v) is 14.5. The van der Waals surface area contributed by atoms with Crippen molar-refractivity contribution in [3.8, 4) is 0 Å². The average molecular weight is 341 g/mol. The molecule has 122 valence electrons. The van der Waals surface area contributed by atoms with E-state index in [1.807, 2.05) is 23.5 Å². The number of thioether (sulfide) groups is 2. The Balaban J connectivity index is 1.75. The van der Waals surface area contributed by atoms with E-state index in [4.69, 9.17) is 9.47 Å². The molecule has 4 nitrogen and oxygen atoms in total. The standard InChI is InChI=1S/C16H23NO3S2/c18-15-16(21-10-3-11-22-16)14(17-6-8-19-9-7-17)12-4-1-2-5-13(12)20-15/h14H,1-11H2. The van der Waals surface area contributed by atoms with E-state index in [0.29, 0.717) is 0 Å². The first-order chi connectivity index (χ1) is 10.8. The van der Waals surface area contributed by atoms with Crippen LogP contribution in [0.4, 0.5) is 0 Å². The molecule has 4 rings (SSSR count). The third-order valence-corrected chi connectivity index (χ3v) is 8.31. The van der Waals surface area contributed by atoms with E-state index in [1.165, 1.54) is 18.4 Å². The Hall–Kier alpha value is -0.170. The number of carbonyl (C=O) groups is 1. The lowest BCUT2D eigenvalue weighted by Gasteiger charge is -2.50. The van der Waals surface area contributed by atoms with Gasteiger partial charge in [0.1, 0.15) is 5.76 Å². The van der Waals surface area contributed by atoms with Crippen LogP contribution in [0.5, 0.6) is 0 Å². The highest BCUT2D eigenvalue weighted by Crippen LogP contribution is 2.54. The number of morpholine rings is 1. The first-order valence-electron chi connectivity index (χ1n) is 8.35. The van der Waals surface area contributed by atoms with Crippen molar-refractivity contribution >= 4 is 29.5 Å². The van der Waals surface area contributed by atoms with Gasteiger partial charge in [0.25, 0.3) is 0 Å². The van der Waals surface area contributed by atoms with Gasteiger partial charge in [-0.1, -0.05) is 0 Å². The number of carbonyl (C=O) groups excluding carboxylic acids is 1. The molecule has 0 amide bonds. The van der Waals surface area contributed by atoms with Crippen LogP contribution in [0.15, 0.2) is 11.3 Å². The molecule has 1 atom stereocenters. The fourth-order valence-electron chi connectivity index (χ4n) is 3.95. The van der Waals surface area contributed by atoms with Crippen LogP contribution < -0.4 is 0 Å². The number of hydrogen-bond acceptors (Lipinski definition) is 6. The van der Waals surface area contributed by atoms with Crippen LogP contribution in [-0.4, -0.2) is 58.8 Å². The quantitative estimate of drug-likeness (QED) is 0.683. The molecule has 0 radical (unpaired) electrons. The number of nitrogens with zero attached hydrogens (tertiary/aromatic N) is 1. The zero-order valence-electron chi connectivity index (χ0n) is 12.8. The van der Waals surface area contributed by atoms with Crippen LogP contribution in [0.3, 0.4) is 0 Å². The summed E-state index contributed by atoms with van der Waals surface area (Å²) in [6.07, 6.45) is 5.59.